The SMILES string of the molecule is O=S(=O)(Nc1nccs1)c1cc(Cl)c(NCC(F)(F)CCNC[C@H]2CCCN2)cc1F. The highest BCUT2D eigenvalue weighted by molar-refractivity contribution is 7.93. The number of hydrogen-bond acceptors (Lipinski definition) is 7. The Labute approximate surface area is 187 Å². The molecule has 13 heteroatoms. The van der Waals surface area contributed by atoms with E-state index in [0.29, 0.717) is 12.6 Å². The average molecular weight is 498 g/mol. The van der Waals surface area contributed by atoms with E-state index in [0.717, 1.165) is 42.9 Å². The Kier molecular flexibility index (Phi) is 8.03. The van der Waals surface area contributed by atoms with Crippen LogP contribution < -0.4 is 20.7 Å². The van der Waals surface area contributed by atoms with Crippen LogP contribution in [0, 0.1) is 5.82 Å². The second kappa shape index (κ2) is 10.3. The van der Waals surface area contributed by atoms with Crippen LogP contribution in [0.1, 0.15) is 19.3 Å². The molecule has 4 N–H and O–H groups in total. The third kappa shape index (κ3) is 6.94. The standard InChI is InChI=1S/C18H23ClF3N5O2S2/c19-13-8-16(31(28,29)27-17-25-6-7-30-17)14(20)9-15(13)26-11-18(21,22)3-5-23-10-12-2-1-4-24-12/h6-9,12,23-24,26H,1-5,10-11H2,(H,25,27)/t12-/m1/s1. The molecule has 2 heterocycles. The predicted octanol–water partition coefficient (Wildman–Crippen LogP) is 3.52. The maximum absolute atomic E-state index is 14.4. The summed E-state index contributed by atoms with van der Waals surface area (Å²) >= 11 is 7.04. The van der Waals surface area contributed by atoms with E-state index in [1.807, 2.05) is 0 Å². The van der Waals surface area contributed by atoms with E-state index in [1.54, 1.807) is 5.38 Å². The molecule has 0 aliphatic carbocycles. The second-order valence-corrected chi connectivity index (χ2v) is 10.1. The van der Waals surface area contributed by atoms with Gasteiger partial charge in [-0.05, 0) is 31.5 Å². The van der Waals surface area contributed by atoms with Crippen molar-refractivity contribution in [2.24, 2.45) is 0 Å². The monoisotopic (exact) mass is 497 g/mol. The van der Waals surface area contributed by atoms with Crippen LogP contribution in [0.2, 0.25) is 5.02 Å². The van der Waals surface area contributed by atoms with Crippen molar-refractivity contribution in [2.75, 3.05) is 36.2 Å². The third-order valence-corrected chi connectivity index (χ3v) is 7.21. The number of alkyl halides is 2. The van der Waals surface area contributed by atoms with Gasteiger partial charge in [0.15, 0.2) is 5.13 Å². The number of nitrogens with one attached hydrogen (secondary N) is 4. The van der Waals surface area contributed by atoms with Crippen molar-refractivity contribution in [3.8, 4) is 0 Å². The number of sulfonamides is 1. The van der Waals surface area contributed by atoms with Crippen molar-refractivity contribution in [2.45, 2.75) is 36.1 Å². The normalized spacial score (nSPS) is 17.1. The summed E-state index contributed by atoms with van der Waals surface area (Å²) in [5.41, 5.74) is -0.116. The molecule has 3 rings (SSSR count). The average Bonchev–Trinajstić information content (AvgIpc) is 3.39. The van der Waals surface area contributed by atoms with Crippen LogP contribution in [-0.2, 0) is 10.0 Å². The fraction of sp³-hybridized carbons (Fsp3) is 0.500. The summed E-state index contributed by atoms with van der Waals surface area (Å²) in [4.78, 5) is 3.08. The van der Waals surface area contributed by atoms with E-state index in [9.17, 15) is 21.6 Å². The Morgan fingerprint density at radius 3 is 2.84 bits per heavy atom. The maximum atomic E-state index is 14.4. The second-order valence-electron chi connectivity index (χ2n) is 7.16. The highest BCUT2D eigenvalue weighted by Crippen LogP contribution is 2.30. The molecule has 2 aromatic rings. The Morgan fingerprint density at radius 2 is 2.16 bits per heavy atom. The topological polar surface area (TPSA) is 95.2 Å². The Bertz CT molecular complexity index is 971. The molecule has 1 aromatic heterocycles. The van der Waals surface area contributed by atoms with Crippen molar-refractivity contribution in [1.82, 2.24) is 15.6 Å². The minimum atomic E-state index is -4.27. The van der Waals surface area contributed by atoms with Crippen molar-refractivity contribution in [3.05, 3.63) is 34.5 Å². The third-order valence-electron chi connectivity index (χ3n) is 4.72. The fourth-order valence-electron chi connectivity index (χ4n) is 3.11. The number of hydrogen-bond donors (Lipinski definition) is 4. The molecule has 0 saturated carbocycles. The summed E-state index contributed by atoms with van der Waals surface area (Å²) in [5, 5.41) is 10.1. The van der Waals surface area contributed by atoms with Crippen LogP contribution in [0.15, 0.2) is 28.6 Å². The highest BCUT2D eigenvalue weighted by atomic mass is 35.5. The molecule has 0 spiro atoms. The Morgan fingerprint density at radius 1 is 1.35 bits per heavy atom. The molecule has 1 aliphatic rings. The lowest BCUT2D eigenvalue weighted by Crippen LogP contribution is -2.37. The van der Waals surface area contributed by atoms with Gasteiger partial charge in [0.25, 0.3) is 15.9 Å². The molecule has 0 bridgehead atoms. The summed E-state index contributed by atoms with van der Waals surface area (Å²) in [7, 11) is -4.27. The molecular weight excluding hydrogens is 475 g/mol. The van der Waals surface area contributed by atoms with Gasteiger partial charge in [-0.1, -0.05) is 11.6 Å². The van der Waals surface area contributed by atoms with Gasteiger partial charge in [-0.2, -0.15) is 0 Å². The minimum Gasteiger partial charge on any atom is -0.378 e. The number of aromatic nitrogens is 1. The van der Waals surface area contributed by atoms with Crippen LogP contribution in [-0.4, -0.2) is 51.5 Å². The van der Waals surface area contributed by atoms with Crippen molar-refractivity contribution >= 4 is 43.8 Å². The zero-order valence-electron chi connectivity index (χ0n) is 16.4. The molecule has 172 valence electrons. The maximum Gasteiger partial charge on any atom is 0.266 e. The number of nitrogens with zero attached hydrogens (tertiary/aromatic N) is 1. The van der Waals surface area contributed by atoms with E-state index in [-0.39, 0.29) is 22.4 Å². The summed E-state index contributed by atoms with van der Waals surface area (Å²) < 4.78 is 69.6. The number of anilines is 2. The van der Waals surface area contributed by atoms with Crippen LogP contribution in [0.3, 0.4) is 0 Å². The van der Waals surface area contributed by atoms with Crippen LogP contribution in [0.4, 0.5) is 24.0 Å². The van der Waals surface area contributed by atoms with Crippen molar-refractivity contribution in [1.29, 1.82) is 0 Å². The zero-order chi connectivity index (χ0) is 22.5. The smallest absolute Gasteiger partial charge is 0.266 e. The van der Waals surface area contributed by atoms with Gasteiger partial charge in [-0.25, -0.2) is 26.6 Å². The number of benzene rings is 1. The van der Waals surface area contributed by atoms with Crippen LogP contribution in [0.25, 0.3) is 0 Å². The molecule has 1 aliphatic heterocycles. The van der Waals surface area contributed by atoms with E-state index in [4.69, 9.17) is 11.6 Å². The lowest BCUT2D eigenvalue weighted by atomic mass is 10.2. The molecule has 0 unspecified atom stereocenters. The van der Waals surface area contributed by atoms with Gasteiger partial charge in [0.2, 0.25) is 0 Å². The minimum absolute atomic E-state index is 0.0645. The molecule has 7 nitrogen and oxygen atoms in total. The number of rotatable bonds is 11. The first-order valence-electron chi connectivity index (χ1n) is 9.63. The van der Waals surface area contributed by atoms with E-state index < -0.39 is 39.6 Å². The van der Waals surface area contributed by atoms with Gasteiger partial charge in [0.05, 0.1) is 17.3 Å². The fourth-order valence-corrected chi connectivity index (χ4v) is 5.28. The van der Waals surface area contributed by atoms with Crippen molar-refractivity contribution < 1.29 is 21.6 Å². The van der Waals surface area contributed by atoms with Gasteiger partial charge in [0, 0.05) is 37.1 Å². The first-order valence-corrected chi connectivity index (χ1v) is 12.4. The largest absolute Gasteiger partial charge is 0.378 e. The molecule has 1 saturated heterocycles. The molecule has 31 heavy (non-hydrogen) atoms. The molecule has 1 atom stereocenters. The summed E-state index contributed by atoms with van der Waals surface area (Å²) in [5.74, 6) is -4.18. The molecular formula is C18H23ClF3N5O2S2. The van der Waals surface area contributed by atoms with E-state index in [1.165, 1.54) is 6.20 Å². The van der Waals surface area contributed by atoms with Gasteiger partial charge in [0.1, 0.15) is 10.7 Å². The van der Waals surface area contributed by atoms with Gasteiger partial charge in [-0.3, -0.25) is 4.72 Å². The molecule has 0 amide bonds. The Hall–Kier alpha value is -1.60. The molecule has 1 fully saturated rings. The lowest BCUT2D eigenvalue weighted by molar-refractivity contribution is 0.00696. The predicted molar refractivity (Wildman–Crippen MR) is 116 cm³/mol. The quantitative estimate of drug-likeness (QED) is 0.355. The lowest BCUT2D eigenvalue weighted by Gasteiger charge is -2.20. The summed E-state index contributed by atoms with van der Waals surface area (Å²) in [6.07, 6.45) is 3.10. The summed E-state index contributed by atoms with van der Waals surface area (Å²) in [6.45, 7) is 0.948. The first kappa shape index (κ1) is 24.1. The first-order chi connectivity index (χ1) is 14.7. The highest BCUT2D eigenvalue weighted by Gasteiger charge is 2.29. The molecule has 0 radical (unpaired) electrons. The zero-order valence-corrected chi connectivity index (χ0v) is 18.8. The van der Waals surface area contributed by atoms with Gasteiger partial charge < -0.3 is 16.0 Å². The van der Waals surface area contributed by atoms with E-state index >= 15 is 0 Å². The van der Waals surface area contributed by atoms with Crippen LogP contribution in [0.5, 0.6) is 0 Å². The van der Waals surface area contributed by atoms with Crippen molar-refractivity contribution in [3.63, 3.8) is 0 Å². The molecule has 1 aromatic carbocycles. The van der Waals surface area contributed by atoms with Gasteiger partial charge >= 0.3 is 0 Å². The number of halogens is 4. The number of thiazole rings is 1. The van der Waals surface area contributed by atoms with Crippen LogP contribution >= 0.6 is 22.9 Å². The van der Waals surface area contributed by atoms with E-state index in [2.05, 4.69) is 25.7 Å². The van der Waals surface area contributed by atoms with Gasteiger partial charge in [-0.15, -0.1) is 11.3 Å². The summed E-state index contributed by atoms with van der Waals surface area (Å²) in [6, 6.07) is 1.98. The Balaban J connectivity index is 1.55.